The Morgan fingerprint density at radius 3 is 3.11 bits per heavy atom. The molecule has 2 heterocycles. The molecule has 3 N–H and O–H groups in total. The highest BCUT2D eigenvalue weighted by Crippen LogP contribution is 2.30. The van der Waals surface area contributed by atoms with Crippen molar-refractivity contribution in [3.05, 3.63) is 12.7 Å². The van der Waals surface area contributed by atoms with Gasteiger partial charge in [-0.05, 0) is 30.9 Å². The van der Waals surface area contributed by atoms with Crippen LogP contribution in [0.5, 0.6) is 0 Å². The number of nitrogens with two attached hydrogens (primary N) is 1. The minimum atomic E-state index is 0.406. The number of aromatic amines is 1. The zero-order valence-electron chi connectivity index (χ0n) is 10.2. The lowest BCUT2D eigenvalue weighted by Crippen LogP contribution is -2.24. The van der Waals surface area contributed by atoms with Crippen molar-refractivity contribution < 1.29 is 0 Å². The molecule has 2 aromatic heterocycles. The van der Waals surface area contributed by atoms with Gasteiger partial charge in [0.25, 0.3) is 0 Å². The van der Waals surface area contributed by atoms with Gasteiger partial charge in [0.2, 0.25) is 0 Å². The van der Waals surface area contributed by atoms with Crippen molar-refractivity contribution in [3.8, 4) is 0 Å². The molecule has 2 aromatic rings. The van der Waals surface area contributed by atoms with Gasteiger partial charge in [-0.15, -0.1) is 11.8 Å². The highest BCUT2D eigenvalue weighted by molar-refractivity contribution is 7.99. The summed E-state index contributed by atoms with van der Waals surface area (Å²) in [5, 5.41) is 0.990. The largest absolute Gasteiger partial charge is 0.341 e. The average molecular weight is 263 g/mol. The second kappa shape index (κ2) is 5.24. The third-order valence-electron chi connectivity index (χ3n) is 3.63. The molecule has 0 spiro atoms. The quantitative estimate of drug-likeness (QED) is 0.651. The van der Waals surface area contributed by atoms with Crippen molar-refractivity contribution in [2.75, 3.05) is 5.75 Å². The molecule has 18 heavy (non-hydrogen) atoms. The Bertz CT molecular complexity index is 526. The smallest absolute Gasteiger partial charge is 0.181 e. The normalized spacial score (nSPS) is 23.8. The summed E-state index contributed by atoms with van der Waals surface area (Å²) < 4.78 is 0. The lowest BCUT2D eigenvalue weighted by Gasteiger charge is -2.14. The molecule has 0 aromatic carbocycles. The molecule has 1 saturated carbocycles. The van der Waals surface area contributed by atoms with E-state index in [0.29, 0.717) is 12.0 Å². The Balaban J connectivity index is 1.61. The first-order valence-corrected chi connectivity index (χ1v) is 7.35. The van der Waals surface area contributed by atoms with Crippen LogP contribution in [0.25, 0.3) is 11.2 Å². The zero-order valence-corrected chi connectivity index (χ0v) is 11.0. The van der Waals surface area contributed by atoms with Gasteiger partial charge in [0.1, 0.15) is 16.9 Å². The summed E-state index contributed by atoms with van der Waals surface area (Å²) >= 11 is 1.77. The predicted molar refractivity (Wildman–Crippen MR) is 72.3 cm³/mol. The Morgan fingerprint density at radius 1 is 1.33 bits per heavy atom. The summed E-state index contributed by atoms with van der Waals surface area (Å²) in [6.45, 7) is 0. The zero-order chi connectivity index (χ0) is 12.4. The Morgan fingerprint density at radius 2 is 2.28 bits per heavy atom. The molecule has 1 fully saturated rings. The standard InChI is InChI=1S/C12H17N5S/c13-9-3-1-2-8(9)4-5-18-12-10-11(15-6-14-10)16-7-17-12/h6-9H,1-5,13H2,(H,14,15,16,17). The third kappa shape index (κ3) is 2.35. The van der Waals surface area contributed by atoms with Gasteiger partial charge in [-0.2, -0.15) is 0 Å². The molecule has 1 aliphatic rings. The van der Waals surface area contributed by atoms with E-state index in [0.717, 1.165) is 21.9 Å². The van der Waals surface area contributed by atoms with Gasteiger partial charge in [-0.3, -0.25) is 0 Å². The van der Waals surface area contributed by atoms with Crippen LogP contribution in [0.4, 0.5) is 0 Å². The van der Waals surface area contributed by atoms with Crippen LogP contribution in [-0.4, -0.2) is 31.7 Å². The summed E-state index contributed by atoms with van der Waals surface area (Å²) in [5.41, 5.74) is 7.76. The molecular weight excluding hydrogens is 246 g/mol. The van der Waals surface area contributed by atoms with Crippen LogP contribution in [0.2, 0.25) is 0 Å². The van der Waals surface area contributed by atoms with Crippen LogP contribution in [-0.2, 0) is 0 Å². The number of hydrogen-bond donors (Lipinski definition) is 2. The number of nitrogens with zero attached hydrogens (tertiary/aromatic N) is 3. The predicted octanol–water partition coefficient (Wildman–Crippen LogP) is 1.96. The van der Waals surface area contributed by atoms with E-state index in [2.05, 4.69) is 19.9 Å². The van der Waals surface area contributed by atoms with Crippen LogP contribution < -0.4 is 5.73 Å². The van der Waals surface area contributed by atoms with Crippen molar-refractivity contribution in [1.82, 2.24) is 19.9 Å². The topological polar surface area (TPSA) is 80.5 Å². The second-order valence-electron chi connectivity index (χ2n) is 4.77. The molecule has 6 heteroatoms. The minimum absolute atomic E-state index is 0.406. The monoisotopic (exact) mass is 263 g/mol. The van der Waals surface area contributed by atoms with Gasteiger partial charge in [0.05, 0.1) is 6.33 Å². The first-order chi connectivity index (χ1) is 8.84. The molecule has 96 valence electrons. The highest BCUT2D eigenvalue weighted by Gasteiger charge is 2.23. The number of imidazole rings is 1. The molecular formula is C12H17N5S. The van der Waals surface area contributed by atoms with E-state index in [1.54, 1.807) is 24.4 Å². The number of aromatic nitrogens is 4. The average Bonchev–Trinajstić information content (AvgIpc) is 2.99. The van der Waals surface area contributed by atoms with E-state index >= 15 is 0 Å². The Kier molecular flexibility index (Phi) is 3.47. The number of rotatable bonds is 4. The minimum Gasteiger partial charge on any atom is -0.341 e. The molecule has 0 aliphatic heterocycles. The summed E-state index contributed by atoms with van der Waals surface area (Å²) in [4.78, 5) is 15.7. The summed E-state index contributed by atoms with van der Waals surface area (Å²) in [5.74, 6) is 1.75. The molecule has 2 atom stereocenters. The van der Waals surface area contributed by atoms with Crippen LogP contribution in [0.15, 0.2) is 17.7 Å². The summed E-state index contributed by atoms with van der Waals surface area (Å²) in [7, 11) is 0. The number of hydrogen-bond acceptors (Lipinski definition) is 5. The van der Waals surface area contributed by atoms with Crippen molar-refractivity contribution in [1.29, 1.82) is 0 Å². The maximum absolute atomic E-state index is 6.08. The molecule has 0 radical (unpaired) electrons. The SMILES string of the molecule is NC1CCCC1CCSc1ncnc2nc[nH]c12. The van der Waals surface area contributed by atoms with Crippen LogP contribution in [0, 0.1) is 5.92 Å². The maximum atomic E-state index is 6.08. The van der Waals surface area contributed by atoms with Crippen molar-refractivity contribution in [2.45, 2.75) is 36.8 Å². The maximum Gasteiger partial charge on any atom is 0.181 e. The van der Waals surface area contributed by atoms with E-state index in [4.69, 9.17) is 5.73 Å². The lowest BCUT2D eigenvalue weighted by atomic mass is 10.0. The Hall–Kier alpha value is -1.14. The van der Waals surface area contributed by atoms with E-state index in [-0.39, 0.29) is 0 Å². The highest BCUT2D eigenvalue weighted by atomic mass is 32.2. The van der Waals surface area contributed by atoms with Gasteiger partial charge in [-0.25, -0.2) is 15.0 Å². The van der Waals surface area contributed by atoms with Gasteiger partial charge < -0.3 is 10.7 Å². The fraction of sp³-hybridized carbons (Fsp3) is 0.583. The first-order valence-electron chi connectivity index (χ1n) is 6.37. The van der Waals surface area contributed by atoms with Crippen LogP contribution >= 0.6 is 11.8 Å². The Labute approximate surface area is 110 Å². The summed E-state index contributed by atoms with van der Waals surface area (Å²) in [6.07, 6.45) is 8.17. The van der Waals surface area contributed by atoms with E-state index in [9.17, 15) is 0 Å². The summed E-state index contributed by atoms with van der Waals surface area (Å²) in [6, 6.07) is 0.406. The van der Waals surface area contributed by atoms with Gasteiger partial charge in [0, 0.05) is 6.04 Å². The molecule has 2 unspecified atom stereocenters. The van der Waals surface area contributed by atoms with Crippen LogP contribution in [0.3, 0.4) is 0 Å². The number of fused-ring (bicyclic) bond motifs is 1. The number of thioether (sulfide) groups is 1. The lowest BCUT2D eigenvalue weighted by molar-refractivity contribution is 0.470. The third-order valence-corrected chi connectivity index (χ3v) is 4.66. The first kappa shape index (κ1) is 11.9. The van der Waals surface area contributed by atoms with Crippen molar-refractivity contribution in [3.63, 3.8) is 0 Å². The van der Waals surface area contributed by atoms with E-state index in [1.807, 2.05) is 0 Å². The molecule has 1 aliphatic carbocycles. The van der Waals surface area contributed by atoms with E-state index < -0.39 is 0 Å². The number of nitrogens with one attached hydrogen (secondary N) is 1. The number of H-pyrrole nitrogens is 1. The molecule has 0 bridgehead atoms. The van der Waals surface area contributed by atoms with E-state index in [1.165, 1.54) is 25.7 Å². The van der Waals surface area contributed by atoms with Crippen molar-refractivity contribution in [2.24, 2.45) is 11.7 Å². The van der Waals surface area contributed by atoms with Crippen LogP contribution in [0.1, 0.15) is 25.7 Å². The molecule has 0 saturated heterocycles. The van der Waals surface area contributed by atoms with Gasteiger partial charge in [0.15, 0.2) is 5.65 Å². The molecule has 3 rings (SSSR count). The van der Waals surface area contributed by atoms with Crippen molar-refractivity contribution >= 4 is 22.9 Å². The fourth-order valence-corrected chi connectivity index (χ4v) is 3.61. The second-order valence-corrected chi connectivity index (χ2v) is 5.86. The molecule has 5 nitrogen and oxygen atoms in total. The molecule has 0 amide bonds. The fourth-order valence-electron chi connectivity index (χ4n) is 2.58. The van der Waals surface area contributed by atoms with Gasteiger partial charge >= 0.3 is 0 Å². The van der Waals surface area contributed by atoms with Gasteiger partial charge in [-0.1, -0.05) is 6.42 Å².